The zero-order valence-corrected chi connectivity index (χ0v) is 17.2. The lowest BCUT2D eigenvalue weighted by Gasteiger charge is -2.22. The monoisotopic (exact) mass is 397 g/mol. The van der Waals surface area contributed by atoms with E-state index in [1.165, 1.54) is 0 Å². The maximum Gasteiger partial charge on any atom is 0.208 e. The summed E-state index contributed by atoms with van der Waals surface area (Å²) in [6.07, 6.45) is 2.83. The lowest BCUT2D eigenvalue weighted by atomic mass is 10.2. The molecule has 152 valence electrons. The first-order valence-corrected chi connectivity index (χ1v) is 11.2. The van der Waals surface area contributed by atoms with Gasteiger partial charge in [-0.05, 0) is 31.9 Å². The number of anilines is 1. The van der Waals surface area contributed by atoms with Crippen LogP contribution in [0.5, 0.6) is 5.75 Å². The average Bonchev–Trinajstić information content (AvgIpc) is 3.09. The van der Waals surface area contributed by atoms with Gasteiger partial charge in [-0.25, -0.2) is 13.1 Å². The highest BCUT2D eigenvalue weighted by molar-refractivity contribution is 7.88. The number of methoxy groups -OCH3 is 1. The van der Waals surface area contributed by atoms with Crippen molar-refractivity contribution < 1.29 is 13.2 Å². The van der Waals surface area contributed by atoms with Crippen LogP contribution in [0.1, 0.15) is 19.8 Å². The van der Waals surface area contributed by atoms with E-state index in [0.717, 1.165) is 49.7 Å². The molecule has 2 rings (SSSR count). The Kier molecular flexibility index (Phi) is 8.18. The van der Waals surface area contributed by atoms with Crippen LogP contribution in [0.2, 0.25) is 0 Å². The molecule has 27 heavy (non-hydrogen) atoms. The molecular formula is C18H31N5O3S. The molecule has 0 amide bonds. The number of hydrogen-bond donors (Lipinski definition) is 3. The van der Waals surface area contributed by atoms with Crippen LogP contribution in [0.4, 0.5) is 5.69 Å². The number of guanidine groups is 1. The van der Waals surface area contributed by atoms with Crippen molar-refractivity contribution in [3.05, 3.63) is 24.3 Å². The molecular weight excluding hydrogens is 366 g/mol. The van der Waals surface area contributed by atoms with Gasteiger partial charge in [-0.2, -0.15) is 0 Å². The Hall–Kier alpha value is -2.00. The summed E-state index contributed by atoms with van der Waals surface area (Å²) in [5.41, 5.74) is 1.11. The van der Waals surface area contributed by atoms with Crippen molar-refractivity contribution in [1.29, 1.82) is 0 Å². The number of rotatable bonds is 9. The van der Waals surface area contributed by atoms with Crippen LogP contribution in [-0.2, 0) is 10.0 Å². The van der Waals surface area contributed by atoms with E-state index in [-0.39, 0.29) is 0 Å². The van der Waals surface area contributed by atoms with Gasteiger partial charge < -0.3 is 20.3 Å². The molecule has 1 heterocycles. The van der Waals surface area contributed by atoms with Crippen molar-refractivity contribution in [2.24, 2.45) is 4.99 Å². The SMILES string of the molecule is CCNC(=NCCCNS(C)(=O)=O)NC1CCN(c2ccccc2OC)C1. The number of benzene rings is 1. The van der Waals surface area contributed by atoms with Gasteiger partial charge in [0.2, 0.25) is 10.0 Å². The third-order valence-corrected chi connectivity index (χ3v) is 5.00. The molecule has 0 saturated carbocycles. The minimum atomic E-state index is -3.14. The summed E-state index contributed by atoms with van der Waals surface area (Å²) in [6.45, 7) is 5.58. The zero-order chi connectivity index (χ0) is 19.7. The van der Waals surface area contributed by atoms with E-state index in [2.05, 4.69) is 31.3 Å². The number of aliphatic imine (C=N–C) groups is 1. The smallest absolute Gasteiger partial charge is 0.208 e. The van der Waals surface area contributed by atoms with Gasteiger partial charge in [-0.1, -0.05) is 12.1 Å². The van der Waals surface area contributed by atoms with Crippen LogP contribution < -0.4 is 25.0 Å². The molecule has 1 aromatic rings. The number of nitrogens with zero attached hydrogens (tertiary/aromatic N) is 2. The molecule has 8 nitrogen and oxygen atoms in total. The Balaban J connectivity index is 1.86. The van der Waals surface area contributed by atoms with Crippen LogP contribution in [0, 0.1) is 0 Å². The zero-order valence-electron chi connectivity index (χ0n) is 16.4. The van der Waals surface area contributed by atoms with Crippen LogP contribution in [0.15, 0.2) is 29.3 Å². The normalized spacial score (nSPS) is 17.8. The van der Waals surface area contributed by atoms with Crippen molar-refractivity contribution in [2.75, 3.05) is 51.0 Å². The quantitative estimate of drug-likeness (QED) is 0.324. The third kappa shape index (κ3) is 7.26. The molecule has 0 bridgehead atoms. The van der Waals surface area contributed by atoms with Crippen LogP contribution >= 0.6 is 0 Å². The molecule has 0 spiro atoms. The Labute approximate surface area is 162 Å². The van der Waals surface area contributed by atoms with Crippen molar-refractivity contribution >= 4 is 21.7 Å². The molecule has 1 aliphatic rings. The van der Waals surface area contributed by atoms with E-state index in [1.54, 1.807) is 7.11 Å². The van der Waals surface area contributed by atoms with Gasteiger partial charge >= 0.3 is 0 Å². The van der Waals surface area contributed by atoms with E-state index in [9.17, 15) is 8.42 Å². The Bertz CT molecular complexity index is 723. The van der Waals surface area contributed by atoms with Crippen LogP contribution in [-0.4, -0.2) is 66.5 Å². The van der Waals surface area contributed by atoms with E-state index < -0.39 is 10.0 Å². The van der Waals surface area contributed by atoms with Gasteiger partial charge in [-0.3, -0.25) is 4.99 Å². The topological polar surface area (TPSA) is 95.1 Å². The number of para-hydroxylation sites is 2. The standard InChI is InChI=1S/C18H31N5O3S/c1-4-19-18(20-11-7-12-21-27(3,24)25)22-15-10-13-23(14-15)16-8-5-6-9-17(16)26-2/h5-6,8-9,15,21H,4,7,10-14H2,1-3H3,(H2,19,20,22). The van der Waals surface area contributed by atoms with Crippen molar-refractivity contribution in [3.63, 3.8) is 0 Å². The Morgan fingerprint density at radius 1 is 1.37 bits per heavy atom. The fourth-order valence-electron chi connectivity index (χ4n) is 3.03. The number of nitrogens with one attached hydrogen (secondary N) is 3. The molecule has 1 fully saturated rings. The average molecular weight is 398 g/mol. The molecule has 1 aromatic carbocycles. The van der Waals surface area contributed by atoms with Crippen LogP contribution in [0.3, 0.4) is 0 Å². The molecule has 0 aromatic heterocycles. The second kappa shape index (κ2) is 10.4. The van der Waals surface area contributed by atoms with Crippen LogP contribution in [0.25, 0.3) is 0 Å². The first-order valence-electron chi connectivity index (χ1n) is 9.30. The molecule has 0 radical (unpaired) electrons. The van der Waals surface area contributed by atoms with E-state index in [0.29, 0.717) is 25.6 Å². The van der Waals surface area contributed by atoms with E-state index in [1.807, 2.05) is 25.1 Å². The maximum absolute atomic E-state index is 11.1. The first kappa shape index (κ1) is 21.3. The Morgan fingerprint density at radius 3 is 2.85 bits per heavy atom. The lowest BCUT2D eigenvalue weighted by molar-refractivity contribution is 0.415. The summed E-state index contributed by atoms with van der Waals surface area (Å²) in [5, 5.41) is 6.73. The fraction of sp³-hybridized carbons (Fsp3) is 0.611. The summed E-state index contributed by atoms with van der Waals surface area (Å²) in [4.78, 5) is 6.86. The molecule has 1 unspecified atom stereocenters. The molecule has 3 N–H and O–H groups in total. The largest absolute Gasteiger partial charge is 0.495 e. The second-order valence-electron chi connectivity index (χ2n) is 6.53. The molecule has 0 aliphatic carbocycles. The molecule has 9 heteroatoms. The molecule has 1 atom stereocenters. The highest BCUT2D eigenvalue weighted by Gasteiger charge is 2.25. The van der Waals surface area contributed by atoms with E-state index >= 15 is 0 Å². The second-order valence-corrected chi connectivity index (χ2v) is 8.36. The summed E-state index contributed by atoms with van der Waals surface area (Å²) >= 11 is 0. The van der Waals surface area contributed by atoms with Gasteiger partial charge in [-0.15, -0.1) is 0 Å². The summed E-state index contributed by atoms with van der Waals surface area (Å²) in [5.74, 6) is 1.65. The third-order valence-electron chi connectivity index (χ3n) is 4.27. The lowest BCUT2D eigenvalue weighted by Crippen LogP contribution is -2.44. The van der Waals surface area contributed by atoms with Gasteiger partial charge in [0.25, 0.3) is 0 Å². The molecule has 1 aliphatic heterocycles. The number of sulfonamides is 1. The first-order chi connectivity index (χ1) is 12.9. The summed E-state index contributed by atoms with van der Waals surface area (Å²) in [6, 6.07) is 8.35. The number of ether oxygens (including phenoxy) is 1. The minimum absolute atomic E-state index is 0.293. The highest BCUT2D eigenvalue weighted by atomic mass is 32.2. The van der Waals surface area contributed by atoms with Gasteiger partial charge in [0.05, 0.1) is 19.1 Å². The van der Waals surface area contributed by atoms with Gasteiger partial charge in [0, 0.05) is 38.8 Å². The van der Waals surface area contributed by atoms with Crippen molar-refractivity contribution in [3.8, 4) is 5.75 Å². The van der Waals surface area contributed by atoms with Crippen molar-refractivity contribution in [2.45, 2.75) is 25.8 Å². The van der Waals surface area contributed by atoms with Gasteiger partial charge in [0.15, 0.2) is 5.96 Å². The fourth-order valence-corrected chi connectivity index (χ4v) is 3.54. The summed E-state index contributed by atoms with van der Waals surface area (Å²) in [7, 11) is -1.44. The number of hydrogen-bond acceptors (Lipinski definition) is 5. The predicted molar refractivity (Wildman–Crippen MR) is 110 cm³/mol. The summed E-state index contributed by atoms with van der Waals surface area (Å²) < 4.78 is 30.1. The molecule has 1 saturated heterocycles. The minimum Gasteiger partial charge on any atom is -0.495 e. The predicted octanol–water partition coefficient (Wildman–Crippen LogP) is 0.768. The van der Waals surface area contributed by atoms with E-state index in [4.69, 9.17) is 4.74 Å². The van der Waals surface area contributed by atoms with Crippen molar-refractivity contribution in [1.82, 2.24) is 15.4 Å². The maximum atomic E-state index is 11.1. The highest BCUT2D eigenvalue weighted by Crippen LogP contribution is 2.30. The van der Waals surface area contributed by atoms with Gasteiger partial charge in [0.1, 0.15) is 5.75 Å². The Morgan fingerprint density at radius 2 is 2.15 bits per heavy atom.